The molecule has 2 atom stereocenters. The molecule has 0 aromatic rings. The maximum Gasteiger partial charge on any atom is 0.00955 e. The highest BCUT2D eigenvalue weighted by Gasteiger charge is 2.26. The summed E-state index contributed by atoms with van der Waals surface area (Å²) in [6.45, 7) is 3.39. The van der Waals surface area contributed by atoms with Gasteiger partial charge in [0.2, 0.25) is 0 Å². The minimum Gasteiger partial charge on any atom is -0.314 e. The van der Waals surface area contributed by atoms with E-state index in [2.05, 4.69) is 24.0 Å². The molecule has 2 fully saturated rings. The van der Waals surface area contributed by atoms with Crippen LogP contribution in [0, 0.1) is 5.92 Å². The minimum atomic E-state index is 0.840. The fourth-order valence-corrected chi connectivity index (χ4v) is 4.97. The van der Waals surface area contributed by atoms with Crippen molar-refractivity contribution < 1.29 is 0 Å². The van der Waals surface area contributed by atoms with E-state index in [-0.39, 0.29) is 0 Å². The van der Waals surface area contributed by atoms with E-state index in [4.69, 9.17) is 0 Å². The van der Waals surface area contributed by atoms with Crippen molar-refractivity contribution in [2.45, 2.75) is 76.0 Å². The Kier molecular flexibility index (Phi) is 6.21. The Labute approximate surface area is 112 Å². The van der Waals surface area contributed by atoms with Crippen LogP contribution in [-0.2, 0) is 0 Å². The molecule has 0 radical (unpaired) electrons. The number of nitrogens with one attached hydrogen (secondary N) is 1. The lowest BCUT2D eigenvalue weighted by molar-refractivity contribution is 0.400. The van der Waals surface area contributed by atoms with Gasteiger partial charge in [-0.3, -0.25) is 0 Å². The third-order valence-corrected chi connectivity index (χ3v) is 5.93. The first-order valence-corrected chi connectivity index (χ1v) is 8.80. The van der Waals surface area contributed by atoms with Crippen LogP contribution < -0.4 is 5.32 Å². The highest BCUT2D eigenvalue weighted by atomic mass is 32.2. The Morgan fingerprint density at radius 1 is 1.00 bits per heavy atom. The summed E-state index contributed by atoms with van der Waals surface area (Å²) in [6, 6.07) is 0.840. The van der Waals surface area contributed by atoms with Crippen LogP contribution in [0.4, 0.5) is 0 Å². The van der Waals surface area contributed by atoms with Gasteiger partial charge in [-0.05, 0) is 50.3 Å². The molecule has 0 heterocycles. The summed E-state index contributed by atoms with van der Waals surface area (Å²) < 4.78 is 0. The van der Waals surface area contributed by atoms with E-state index in [1.54, 1.807) is 0 Å². The van der Waals surface area contributed by atoms with Gasteiger partial charge < -0.3 is 5.32 Å². The highest BCUT2D eigenvalue weighted by molar-refractivity contribution is 7.99. The van der Waals surface area contributed by atoms with Crippen LogP contribution in [-0.4, -0.2) is 23.6 Å². The molecule has 0 amide bonds. The Morgan fingerprint density at radius 2 is 1.82 bits per heavy atom. The zero-order valence-electron chi connectivity index (χ0n) is 11.4. The van der Waals surface area contributed by atoms with E-state index >= 15 is 0 Å². The predicted octanol–water partition coefficient (Wildman–Crippen LogP) is 4.22. The first kappa shape index (κ1) is 13.7. The summed E-state index contributed by atoms with van der Waals surface area (Å²) in [5.41, 5.74) is 0. The smallest absolute Gasteiger partial charge is 0.00955 e. The van der Waals surface area contributed by atoms with Crippen molar-refractivity contribution in [2.24, 2.45) is 5.92 Å². The minimum absolute atomic E-state index is 0.840. The molecular weight excluding hydrogens is 226 g/mol. The molecule has 2 aliphatic carbocycles. The van der Waals surface area contributed by atoms with Gasteiger partial charge in [-0.2, -0.15) is 11.8 Å². The lowest BCUT2D eigenvalue weighted by Crippen LogP contribution is -2.32. The molecule has 2 rings (SSSR count). The Hall–Kier alpha value is 0.310. The van der Waals surface area contributed by atoms with E-state index in [0.29, 0.717) is 0 Å². The van der Waals surface area contributed by atoms with Crippen molar-refractivity contribution in [1.82, 2.24) is 5.32 Å². The van der Waals surface area contributed by atoms with Gasteiger partial charge >= 0.3 is 0 Å². The molecule has 0 aromatic carbocycles. The molecule has 2 aliphatic rings. The number of thioether (sulfide) groups is 1. The number of rotatable bonds is 6. The van der Waals surface area contributed by atoms with Crippen LogP contribution in [0.1, 0.15) is 64.7 Å². The fourth-order valence-electron chi connectivity index (χ4n) is 3.53. The van der Waals surface area contributed by atoms with Gasteiger partial charge in [0.15, 0.2) is 0 Å². The normalized spacial score (nSPS) is 30.9. The van der Waals surface area contributed by atoms with Gasteiger partial charge in [0.1, 0.15) is 0 Å². The monoisotopic (exact) mass is 255 g/mol. The zero-order valence-corrected chi connectivity index (χ0v) is 12.2. The molecule has 0 aromatic heterocycles. The predicted molar refractivity (Wildman–Crippen MR) is 78.8 cm³/mol. The largest absolute Gasteiger partial charge is 0.314 e. The third kappa shape index (κ3) is 4.48. The Balaban J connectivity index is 1.60. The molecule has 100 valence electrons. The second kappa shape index (κ2) is 7.68. The fraction of sp³-hybridized carbons (Fsp3) is 1.00. The second-order valence-electron chi connectivity index (χ2n) is 5.77. The van der Waals surface area contributed by atoms with Crippen LogP contribution in [0.15, 0.2) is 0 Å². The quantitative estimate of drug-likeness (QED) is 0.762. The highest BCUT2D eigenvalue weighted by Crippen LogP contribution is 2.33. The summed E-state index contributed by atoms with van der Waals surface area (Å²) in [6.07, 6.45) is 13.3. The van der Waals surface area contributed by atoms with Crippen LogP contribution in [0.5, 0.6) is 0 Å². The van der Waals surface area contributed by atoms with Crippen LogP contribution in [0.3, 0.4) is 0 Å². The van der Waals surface area contributed by atoms with Crippen molar-refractivity contribution in [3.05, 3.63) is 0 Å². The number of hydrogen-bond donors (Lipinski definition) is 1. The van der Waals surface area contributed by atoms with Gasteiger partial charge in [-0.25, -0.2) is 0 Å². The van der Waals surface area contributed by atoms with Crippen molar-refractivity contribution in [1.29, 1.82) is 0 Å². The molecule has 0 spiro atoms. The topological polar surface area (TPSA) is 12.0 Å². The van der Waals surface area contributed by atoms with Crippen LogP contribution in [0.2, 0.25) is 0 Å². The second-order valence-corrected chi connectivity index (χ2v) is 7.18. The summed E-state index contributed by atoms with van der Waals surface area (Å²) in [5, 5.41) is 4.68. The molecular formula is C15H29NS. The summed E-state index contributed by atoms with van der Waals surface area (Å²) in [4.78, 5) is 0. The van der Waals surface area contributed by atoms with Crippen molar-refractivity contribution in [3.8, 4) is 0 Å². The Morgan fingerprint density at radius 3 is 2.59 bits per heavy atom. The maximum atomic E-state index is 3.67. The standard InChI is InChI=1S/C15H29NS/c1-2-16-15-10-6-7-13(15)11-12-17-14-8-4-3-5-9-14/h13-16H,2-12H2,1H3. The molecule has 2 unspecified atom stereocenters. The van der Waals surface area contributed by atoms with Crippen LogP contribution >= 0.6 is 11.8 Å². The maximum absolute atomic E-state index is 3.67. The van der Waals surface area contributed by atoms with Crippen molar-refractivity contribution in [3.63, 3.8) is 0 Å². The molecule has 2 heteroatoms. The van der Waals surface area contributed by atoms with Crippen molar-refractivity contribution in [2.75, 3.05) is 12.3 Å². The molecule has 17 heavy (non-hydrogen) atoms. The average molecular weight is 255 g/mol. The van der Waals surface area contributed by atoms with E-state index in [9.17, 15) is 0 Å². The van der Waals surface area contributed by atoms with E-state index in [1.807, 2.05) is 0 Å². The van der Waals surface area contributed by atoms with Crippen molar-refractivity contribution >= 4 is 11.8 Å². The summed E-state index contributed by atoms with van der Waals surface area (Å²) in [5.74, 6) is 2.39. The molecule has 1 N–H and O–H groups in total. The summed E-state index contributed by atoms with van der Waals surface area (Å²) >= 11 is 2.28. The molecule has 1 nitrogen and oxygen atoms in total. The van der Waals surface area contributed by atoms with E-state index in [1.165, 1.54) is 63.5 Å². The average Bonchev–Trinajstić information content (AvgIpc) is 2.79. The molecule has 0 aliphatic heterocycles. The third-order valence-electron chi connectivity index (χ3n) is 4.52. The first-order chi connectivity index (χ1) is 8.40. The Bertz CT molecular complexity index is 201. The van der Waals surface area contributed by atoms with E-state index < -0.39 is 0 Å². The molecule has 0 saturated heterocycles. The van der Waals surface area contributed by atoms with Gasteiger partial charge in [0.05, 0.1) is 0 Å². The van der Waals surface area contributed by atoms with Gasteiger partial charge in [0.25, 0.3) is 0 Å². The summed E-state index contributed by atoms with van der Waals surface area (Å²) in [7, 11) is 0. The first-order valence-electron chi connectivity index (χ1n) is 7.75. The molecule has 2 saturated carbocycles. The SMILES string of the molecule is CCNC1CCCC1CCSC1CCCCC1. The number of hydrogen-bond acceptors (Lipinski definition) is 2. The van der Waals surface area contributed by atoms with Crippen LogP contribution in [0.25, 0.3) is 0 Å². The van der Waals surface area contributed by atoms with Gasteiger partial charge in [0, 0.05) is 11.3 Å². The lowest BCUT2D eigenvalue weighted by atomic mass is 10.0. The molecule has 0 bridgehead atoms. The zero-order chi connectivity index (χ0) is 11.9. The van der Waals surface area contributed by atoms with E-state index in [0.717, 1.165) is 23.8 Å². The lowest BCUT2D eigenvalue weighted by Gasteiger charge is -2.23. The van der Waals surface area contributed by atoms with Gasteiger partial charge in [-0.1, -0.05) is 32.6 Å². The van der Waals surface area contributed by atoms with Gasteiger partial charge in [-0.15, -0.1) is 0 Å².